The lowest BCUT2D eigenvalue weighted by molar-refractivity contribution is 0.510. The summed E-state index contributed by atoms with van der Waals surface area (Å²) in [7, 11) is 0. The van der Waals surface area contributed by atoms with Crippen LogP contribution in [-0.4, -0.2) is 34.9 Å². The monoisotopic (exact) mass is 1150 g/mol. The molecule has 0 N–H and O–H groups in total. The number of pyridine rings is 3. The second-order valence-corrected chi connectivity index (χ2v) is 35.3. The van der Waals surface area contributed by atoms with Crippen LogP contribution in [0.4, 0.5) is 0 Å². The van der Waals surface area contributed by atoms with E-state index < -0.39 is 0 Å². The predicted molar refractivity (Wildman–Crippen MR) is 368 cm³/mol. The third-order valence-electron chi connectivity index (χ3n) is 14.1. The molecule has 0 aliphatic carbocycles. The van der Waals surface area contributed by atoms with Crippen molar-refractivity contribution in [2.24, 2.45) is 0 Å². The molecule has 0 atom stereocenters. The molecule has 0 spiro atoms. The van der Waals surface area contributed by atoms with Gasteiger partial charge in [0.2, 0.25) is 0 Å². The molecule has 0 bridgehead atoms. The summed E-state index contributed by atoms with van der Waals surface area (Å²) in [6.45, 7) is 80.1. The Bertz CT molecular complexity index is 2210. The summed E-state index contributed by atoms with van der Waals surface area (Å²) in [5, 5.41) is 0. The lowest BCUT2D eigenvalue weighted by Gasteiger charge is -2.29. The molecule has 1 aromatic carbocycles. The van der Waals surface area contributed by atoms with Crippen LogP contribution in [-0.2, 0) is 65.0 Å². The molecule has 6 rings (SSSR count). The Hall–Kier alpha value is -5.17. The van der Waals surface area contributed by atoms with Crippen LogP contribution in [0.5, 0.6) is 0 Å². The molecule has 0 radical (unpaired) electrons. The standard InChI is InChI=1S/C14H22.3C13H21N.2C12H20N2/c1-13(2,3)11-9-7-8-10-12(11)14(4,5)6;1-12(2,3)10-7-8-14-9-11(10)13(4,5)6;2*1-12(2,3)10-8-7-9-14-11(10)13(4,5)6;2*1-11(2,3)9-7-13-8-14-10(9)12(4,5)6/h7-10H,1-6H3;3*7-9H,1-6H3;2*7-8H,1-6H3. The van der Waals surface area contributed by atoms with Crippen LogP contribution in [0.25, 0.3) is 0 Å². The van der Waals surface area contributed by atoms with Gasteiger partial charge in [-0.2, -0.15) is 0 Å². The van der Waals surface area contributed by atoms with Gasteiger partial charge in [-0.15, -0.1) is 0 Å². The van der Waals surface area contributed by atoms with Crippen LogP contribution >= 0.6 is 0 Å². The first-order valence-corrected chi connectivity index (χ1v) is 31.0. The number of aromatic nitrogens is 7. The smallest absolute Gasteiger partial charge is 0.115 e. The van der Waals surface area contributed by atoms with Gasteiger partial charge in [0, 0.05) is 70.2 Å². The highest BCUT2D eigenvalue weighted by Crippen LogP contribution is 2.37. The topological polar surface area (TPSA) is 90.2 Å². The molecule has 0 saturated carbocycles. The first kappa shape index (κ1) is 76.8. The molecule has 7 nitrogen and oxygen atoms in total. The van der Waals surface area contributed by atoms with Gasteiger partial charge < -0.3 is 0 Å². The molecular formula is C77H125N7. The first-order valence-electron chi connectivity index (χ1n) is 31.0. The van der Waals surface area contributed by atoms with E-state index in [2.05, 4.69) is 327 Å². The van der Waals surface area contributed by atoms with Gasteiger partial charge in [-0.05, 0) is 106 Å². The fourth-order valence-electron chi connectivity index (χ4n) is 9.61. The summed E-state index contributed by atoms with van der Waals surface area (Å²) in [5.74, 6) is 0. The van der Waals surface area contributed by atoms with Crippen molar-refractivity contribution >= 4 is 0 Å². The van der Waals surface area contributed by atoms with Gasteiger partial charge in [-0.3, -0.25) is 15.0 Å². The predicted octanol–water partition coefficient (Wildman–Crippen LogP) is 21.5. The fraction of sp³-hybridized carbons (Fsp3) is 0.623. The second-order valence-electron chi connectivity index (χ2n) is 35.3. The normalized spacial score (nSPS) is 13.0. The summed E-state index contributed by atoms with van der Waals surface area (Å²) in [6, 6.07) is 19.3. The Balaban J connectivity index is 0.000000504. The maximum atomic E-state index is 4.52. The van der Waals surface area contributed by atoms with Crippen LogP contribution in [0.3, 0.4) is 0 Å². The van der Waals surface area contributed by atoms with E-state index in [9.17, 15) is 0 Å². The summed E-state index contributed by atoms with van der Waals surface area (Å²) >= 11 is 0. The average molecular weight is 1150 g/mol. The molecule has 6 aromatic rings. The molecule has 5 aromatic heterocycles. The minimum atomic E-state index is 0.0888. The molecule has 5 heterocycles. The summed E-state index contributed by atoms with van der Waals surface area (Å²) in [4.78, 5) is 30.3. The highest BCUT2D eigenvalue weighted by atomic mass is 14.8. The third-order valence-corrected chi connectivity index (χ3v) is 14.1. The summed E-state index contributed by atoms with van der Waals surface area (Å²) in [5.41, 5.74) is 17.5. The molecule has 84 heavy (non-hydrogen) atoms. The SMILES string of the molecule is CC(C)(C)c1ccccc1C(C)(C)C.CC(C)(C)c1cccnc1C(C)(C)C.CC(C)(C)c1cccnc1C(C)(C)C.CC(C)(C)c1ccncc1C(C)(C)C.CC(C)(C)c1cncnc1C(C)(C)C.CC(C)(C)c1cncnc1C(C)(C)C. The Kier molecular flexibility index (Phi) is 26.1. The number of hydrogen-bond donors (Lipinski definition) is 0. The van der Waals surface area contributed by atoms with Crippen LogP contribution in [0.2, 0.25) is 0 Å². The molecule has 0 unspecified atom stereocenters. The number of rotatable bonds is 0. The molecular weight excluding hydrogens is 1020 g/mol. The zero-order chi connectivity index (χ0) is 65.9. The van der Waals surface area contributed by atoms with Crippen LogP contribution < -0.4 is 0 Å². The van der Waals surface area contributed by atoms with Gasteiger partial charge in [0.15, 0.2) is 0 Å². The molecule has 7 heteroatoms. The lowest BCUT2D eigenvalue weighted by Crippen LogP contribution is -2.23. The highest BCUT2D eigenvalue weighted by Gasteiger charge is 2.31. The summed E-state index contributed by atoms with van der Waals surface area (Å²) in [6.07, 6.45) is 14.8. The van der Waals surface area contributed by atoms with E-state index in [-0.39, 0.29) is 65.0 Å². The van der Waals surface area contributed by atoms with Crippen molar-refractivity contribution in [2.75, 3.05) is 0 Å². The number of benzene rings is 1. The van der Waals surface area contributed by atoms with E-state index in [1.807, 2.05) is 49.3 Å². The quantitative estimate of drug-likeness (QED) is 0.150. The van der Waals surface area contributed by atoms with E-state index in [0.717, 1.165) is 11.4 Å². The highest BCUT2D eigenvalue weighted by molar-refractivity contribution is 5.38. The molecule has 0 fully saturated rings. The number of nitrogens with zero attached hydrogens (tertiary/aromatic N) is 7. The Morgan fingerprint density at radius 3 is 0.631 bits per heavy atom. The number of hydrogen-bond acceptors (Lipinski definition) is 7. The first-order chi connectivity index (χ1) is 37.4. The average Bonchev–Trinajstić information content (AvgIpc) is 3.00. The van der Waals surface area contributed by atoms with Crippen molar-refractivity contribution in [1.29, 1.82) is 0 Å². The van der Waals surface area contributed by atoms with Crippen molar-refractivity contribution in [3.8, 4) is 0 Å². The van der Waals surface area contributed by atoms with Crippen molar-refractivity contribution < 1.29 is 0 Å². The Labute approximate surface area is 518 Å². The van der Waals surface area contributed by atoms with Gasteiger partial charge in [-0.25, -0.2) is 19.9 Å². The van der Waals surface area contributed by atoms with E-state index in [0.29, 0.717) is 0 Å². The van der Waals surface area contributed by atoms with Gasteiger partial charge in [0.05, 0.1) is 11.4 Å². The van der Waals surface area contributed by atoms with Crippen LogP contribution in [0.1, 0.15) is 317 Å². The van der Waals surface area contributed by atoms with E-state index >= 15 is 0 Å². The van der Waals surface area contributed by atoms with Crippen molar-refractivity contribution in [2.45, 2.75) is 314 Å². The second kappa shape index (κ2) is 28.6. The van der Waals surface area contributed by atoms with Crippen molar-refractivity contribution in [3.63, 3.8) is 0 Å². The zero-order valence-corrected chi connectivity index (χ0v) is 60.9. The molecule has 0 aliphatic rings. The molecule has 0 saturated heterocycles. The van der Waals surface area contributed by atoms with Crippen LogP contribution in [0, 0.1) is 0 Å². The maximum absolute atomic E-state index is 4.52. The maximum Gasteiger partial charge on any atom is 0.115 e. The van der Waals surface area contributed by atoms with Crippen molar-refractivity contribution in [3.05, 3.63) is 172 Å². The summed E-state index contributed by atoms with van der Waals surface area (Å²) < 4.78 is 0. The van der Waals surface area contributed by atoms with Gasteiger partial charge in [0.25, 0.3) is 0 Å². The lowest BCUT2D eigenvalue weighted by atomic mass is 9.75. The van der Waals surface area contributed by atoms with Crippen molar-refractivity contribution in [1.82, 2.24) is 34.9 Å². The molecule has 0 aliphatic heterocycles. The third kappa shape index (κ3) is 25.0. The van der Waals surface area contributed by atoms with Gasteiger partial charge >= 0.3 is 0 Å². The van der Waals surface area contributed by atoms with E-state index in [1.54, 1.807) is 12.7 Å². The largest absolute Gasteiger partial charge is 0.264 e. The zero-order valence-electron chi connectivity index (χ0n) is 60.9. The van der Waals surface area contributed by atoms with E-state index in [4.69, 9.17) is 0 Å². The Morgan fingerprint density at radius 1 is 0.190 bits per heavy atom. The molecule has 468 valence electrons. The Morgan fingerprint density at radius 2 is 0.417 bits per heavy atom. The van der Waals surface area contributed by atoms with Gasteiger partial charge in [0.1, 0.15) is 12.7 Å². The minimum Gasteiger partial charge on any atom is -0.264 e. The van der Waals surface area contributed by atoms with E-state index in [1.165, 1.54) is 55.9 Å². The van der Waals surface area contributed by atoms with Gasteiger partial charge in [-0.1, -0.05) is 286 Å². The molecule has 0 amide bonds. The fourth-order valence-corrected chi connectivity index (χ4v) is 9.61. The van der Waals surface area contributed by atoms with Crippen LogP contribution in [0.15, 0.2) is 104 Å². The minimum absolute atomic E-state index is 0.0888.